The molecule has 0 unspecified atom stereocenters. The normalized spacial score (nSPS) is 13.5. The lowest BCUT2D eigenvalue weighted by atomic mass is 10.2. The first kappa shape index (κ1) is 19.3. The lowest BCUT2D eigenvalue weighted by Crippen LogP contribution is -2.23. The lowest BCUT2D eigenvalue weighted by molar-refractivity contribution is -0.384. The molecule has 1 aliphatic heterocycles. The summed E-state index contributed by atoms with van der Waals surface area (Å²) in [5, 5.41) is 18.0. The van der Waals surface area contributed by atoms with E-state index in [-0.39, 0.29) is 17.5 Å². The highest BCUT2D eigenvalue weighted by Gasteiger charge is 2.22. The Balaban J connectivity index is 1.53. The topological polar surface area (TPSA) is 110 Å². The summed E-state index contributed by atoms with van der Waals surface area (Å²) in [6.45, 7) is 2.48. The smallest absolute Gasteiger partial charge is 0.269 e. The Kier molecular flexibility index (Phi) is 5.01. The van der Waals surface area contributed by atoms with Crippen molar-refractivity contribution in [2.75, 3.05) is 16.8 Å². The highest BCUT2D eigenvalue weighted by Crippen LogP contribution is 2.23. The standard InChI is InChI=1S/C21H19N5O4/c1-14-13-19(25(23-14)17-8-10-18(11-9-17)26(29)30)22-21(28)15-4-6-16(7-5-15)24-12-2-3-20(24)27/h4-11,13H,2-3,12H2,1H3,(H,22,28). The minimum Gasteiger partial charge on any atom is -0.312 e. The molecule has 0 aliphatic carbocycles. The third-order valence-corrected chi connectivity index (χ3v) is 4.89. The van der Waals surface area contributed by atoms with Gasteiger partial charge in [-0.3, -0.25) is 19.7 Å². The van der Waals surface area contributed by atoms with Gasteiger partial charge in [-0.1, -0.05) is 0 Å². The van der Waals surface area contributed by atoms with Gasteiger partial charge in [0.05, 0.1) is 16.3 Å². The van der Waals surface area contributed by atoms with E-state index in [1.165, 1.54) is 16.8 Å². The third-order valence-electron chi connectivity index (χ3n) is 4.89. The highest BCUT2D eigenvalue weighted by atomic mass is 16.6. The van der Waals surface area contributed by atoms with E-state index in [1.54, 1.807) is 54.3 Å². The van der Waals surface area contributed by atoms with E-state index >= 15 is 0 Å². The number of nitrogens with one attached hydrogen (secondary N) is 1. The fourth-order valence-corrected chi connectivity index (χ4v) is 3.40. The summed E-state index contributed by atoms with van der Waals surface area (Å²) in [4.78, 5) is 36.7. The fraction of sp³-hybridized carbons (Fsp3) is 0.190. The molecular formula is C21H19N5O4. The van der Waals surface area contributed by atoms with Crippen molar-refractivity contribution in [3.8, 4) is 5.69 Å². The number of carbonyl (C=O) groups is 2. The molecule has 1 aromatic heterocycles. The van der Waals surface area contributed by atoms with Gasteiger partial charge < -0.3 is 10.2 Å². The Morgan fingerprint density at radius 2 is 1.77 bits per heavy atom. The summed E-state index contributed by atoms with van der Waals surface area (Å²) in [5.41, 5.74) is 2.48. The summed E-state index contributed by atoms with van der Waals surface area (Å²) >= 11 is 0. The zero-order chi connectivity index (χ0) is 21.3. The molecule has 30 heavy (non-hydrogen) atoms. The number of aryl methyl sites for hydroxylation is 1. The van der Waals surface area contributed by atoms with Crippen molar-refractivity contribution in [2.45, 2.75) is 19.8 Å². The van der Waals surface area contributed by atoms with Gasteiger partial charge in [-0.25, -0.2) is 4.68 Å². The maximum atomic E-state index is 12.7. The maximum Gasteiger partial charge on any atom is 0.269 e. The monoisotopic (exact) mass is 405 g/mol. The van der Waals surface area contributed by atoms with Crippen LogP contribution in [-0.4, -0.2) is 33.1 Å². The second-order valence-electron chi connectivity index (χ2n) is 7.01. The molecule has 2 aromatic carbocycles. The van der Waals surface area contributed by atoms with Crippen molar-refractivity contribution < 1.29 is 14.5 Å². The molecule has 0 spiro atoms. The molecule has 9 heteroatoms. The second-order valence-corrected chi connectivity index (χ2v) is 7.01. The van der Waals surface area contributed by atoms with Crippen LogP contribution in [0, 0.1) is 17.0 Å². The summed E-state index contributed by atoms with van der Waals surface area (Å²) in [5.74, 6) is 0.220. The predicted molar refractivity (Wildman–Crippen MR) is 111 cm³/mol. The van der Waals surface area contributed by atoms with Crippen molar-refractivity contribution in [1.82, 2.24) is 9.78 Å². The number of anilines is 2. The largest absolute Gasteiger partial charge is 0.312 e. The van der Waals surface area contributed by atoms with Crippen LogP contribution in [0.2, 0.25) is 0 Å². The summed E-state index contributed by atoms with van der Waals surface area (Å²) < 4.78 is 1.52. The Morgan fingerprint density at radius 3 is 2.37 bits per heavy atom. The van der Waals surface area contributed by atoms with E-state index < -0.39 is 4.92 Å². The number of carbonyl (C=O) groups excluding carboxylic acids is 2. The Bertz CT molecular complexity index is 1120. The van der Waals surface area contributed by atoms with Crippen LogP contribution in [0.15, 0.2) is 54.6 Å². The van der Waals surface area contributed by atoms with Gasteiger partial charge in [0.2, 0.25) is 5.91 Å². The molecule has 3 aromatic rings. The fourth-order valence-electron chi connectivity index (χ4n) is 3.40. The number of amides is 2. The van der Waals surface area contributed by atoms with E-state index in [0.29, 0.717) is 35.7 Å². The van der Waals surface area contributed by atoms with E-state index in [9.17, 15) is 19.7 Å². The summed E-state index contributed by atoms with van der Waals surface area (Å²) in [6.07, 6.45) is 1.39. The van der Waals surface area contributed by atoms with Gasteiger partial charge in [-0.15, -0.1) is 0 Å². The average Bonchev–Trinajstić information content (AvgIpc) is 3.33. The molecule has 9 nitrogen and oxygen atoms in total. The van der Waals surface area contributed by atoms with Crippen molar-refractivity contribution >= 4 is 29.0 Å². The van der Waals surface area contributed by atoms with Gasteiger partial charge in [-0.2, -0.15) is 5.10 Å². The van der Waals surface area contributed by atoms with Crippen molar-refractivity contribution in [1.29, 1.82) is 0 Å². The second kappa shape index (κ2) is 7.78. The first-order chi connectivity index (χ1) is 14.4. The quantitative estimate of drug-likeness (QED) is 0.516. The first-order valence-electron chi connectivity index (χ1n) is 9.45. The van der Waals surface area contributed by atoms with E-state index in [2.05, 4.69) is 10.4 Å². The van der Waals surface area contributed by atoms with Crippen LogP contribution in [0.25, 0.3) is 5.69 Å². The van der Waals surface area contributed by atoms with Crippen LogP contribution in [0.3, 0.4) is 0 Å². The van der Waals surface area contributed by atoms with Crippen LogP contribution < -0.4 is 10.2 Å². The molecule has 1 N–H and O–H groups in total. The van der Waals surface area contributed by atoms with Crippen LogP contribution >= 0.6 is 0 Å². The minimum atomic E-state index is -0.472. The maximum absolute atomic E-state index is 12.7. The van der Waals surface area contributed by atoms with Crippen LogP contribution in [-0.2, 0) is 4.79 Å². The number of hydrogen-bond donors (Lipinski definition) is 1. The van der Waals surface area contributed by atoms with Crippen LogP contribution in [0.4, 0.5) is 17.2 Å². The number of hydrogen-bond acceptors (Lipinski definition) is 5. The van der Waals surface area contributed by atoms with E-state index in [0.717, 1.165) is 12.1 Å². The predicted octanol–water partition coefficient (Wildman–Crippen LogP) is 3.47. The van der Waals surface area contributed by atoms with Crippen molar-refractivity contribution in [3.05, 3.63) is 76.0 Å². The Morgan fingerprint density at radius 1 is 1.10 bits per heavy atom. The molecule has 0 saturated carbocycles. The third kappa shape index (κ3) is 3.77. The van der Waals surface area contributed by atoms with Gasteiger partial charge >= 0.3 is 0 Å². The minimum absolute atomic E-state index is 0.0233. The van der Waals surface area contributed by atoms with E-state index in [1.807, 2.05) is 0 Å². The molecule has 1 aliphatic rings. The molecule has 0 bridgehead atoms. The van der Waals surface area contributed by atoms with Crippen molar-refractivity contribution in [2.24, 2.45) is 0 Å². The zero-order valence-electron chi connectivity index (χ0n) is 16.2. The van der Waals surface area contributed by atoms with Gasteiger partial charge in [-0.05, 0) is 49.7 Å². The molecule has 2 amide bonds. The number of non-ortho nitro benzene ring substituents is 1. The van der Waals surface area contributed by atoms with Gasteiger partial charge in [0.15, 0.2) is 0 Å². The van der Waals surface area contributed by atoms with E-state index in [4.69, 9.17) is 0 Å². The molecular weight excluding hydrogens is 386 g/mol. The molecule has 0 radical (unpaired) electrons. The molecule has 152 valence electrons. The van der Waals surface area contributed by atoms with Gasteiger partial charge in [0.25, 0.3) is 11.6 Å². The first-order valence-corrected chi connectivity index (χ1v) is 9.45. The number of nitrogens with zero attached hydrogens (tertiary/aromatic N) is 4. The molecule has 0 atom stereocenters. The number of benzene rings is 2. The molecule has 1 fully saturated rings. The van der Waals surface area contributed by atoms with Gasteiger partial charge in [0.1, 0.15) is 5.82 Å². The number of nitro benzene ring substituents is 1. The van der Waals surface area contributed by atoms with Crippen LogP contribution in [0.1, 0.15) is 28.9 Å². The molecule has 1 saturated heterocycles. The SMILES string of the molecule is Cc1cc(NC(=O)c2ccc(N3CCCC3=O)cc2)n(-c2ccc([N+](=O)[O-])cc2)n1. The summed E-state index contributed by atoms with van der Waals surface area (Å²) in [7, 11) is 0. The summed E-state index contributed by atoms with van der Waals surface area (Å²) in [6, 6.07) is 14.5. The van der Waals surface area contributed by atoms with Crippen molar-refractivity contribution in [3.63, 3.8) is 0 Å². The zero-order valence-corrected chi connectivity index (χ0v) is 16.2. The lowest BCUT2D eigenvalue weighted by Gasteiger charge is -2.16. The molecule has 2 heterocycles. The average molecular weight is 405 g/mol. The number of aromatic nitrogens is 2. The Hall–Kier alpha value is -4.01. The number of nitro groups is 1. The Labute approximate surface area is 172 Å². The number of rotatable bonds is 5. The van der Waals surface area contributed by atoms with Gasteiger partial charge in [0, 0.05) is 42.4 Å². The van der Waals surface area contributed by atoms with Crippen LogP contribution in [0.5, 0.6) is 0 Å². The molecule has 4 rings (SSSR count). The highest BCUT2D eigenvalue weighted by molar-refractivity contribution is 6.04.